The minimum atomic E-state index is -0.218. The Labute approximate surface area is 189 Å². The zero-order valence-corrected chi connectivity index (χ0v) is 19.2. The first-order chi connectivity index (χ1) is 15.4. The van der Waals surface area contributed by atoms with E-state index in [1.165, 1.54) is 5.56 Å². The first-order valence-corrected chi connectivity index (χ1v) is 11.1. The van der Waals surface area contributed by atoms with Gasteiger partial charge in [0.25, 0.3) is 5.91 Å². The van der Waals surface area contributed by atoms with Crippen LogP contribution >= 0.6 is 0 Å². The highest BCUT2D eigenvalue weighted by molar-refractivity contribution is 5.93. The largest absolute Gasteiger partial charge is 0.373 e. The second kappa shape index (κ2) is 9.63. The smallest absolute Gasteiger partial charge is 0.274 e. The Morgan fingerprint density at radius 1 is 1.06 bits per heavy atom. The van der Waals surface area contributed by atoms with E-state index in [0.717, 1.165) is 42.1 Å². The van der Waals surface area contributed by atoms with Gasteiger partial charge in [-0.2, -0.15) is 0 Å². The molecule has 1 fully saturated rings. The van der Waals surface area contributed by atoms with E-state index in [4.69, 9.17) is 4.74 Å². The normalized spacial score (nSPS) is 19.1. The molecule has 0 spiro atoms. The number of nitrogens with one attached hydrogen (secondary N) is 1. The van der Waals surface area contributed by atoms with Crippen LogP contribution < -0.4 is 5.32 Å². The van der Waals surface area contributed by atoms with Gasteiger partial charge in [-0.3, -0.25) is 9.69 Å². The molecule has 32 heavy (non-hydrogen) atoms. The summed E-state index contributed by atoms with van der Waals surface area (Å²) in [6.07, 6.45) is 0.453. The van der Waals surface area contributed by atoms with Crippen LogP contribution in [0.2, 0.25) is 0 Å². The predicted octanol–water partition coefficient (Wildman–Crippen LogP) is 3.42. The van der Waals surface area contributed by atoms with Gasteiger partial charge in [0, 0.05) is 26.2 Å². The molecule has 2 heterocycles. The van der Waals surface area contributed by atoms with Gasteiger partial charge in [0.15, 0.2) is 5.69 Å². The number of hydrogen-bond acceptors (Lipinski definition) is 5. The summed E-state index contributed by atoms with van der Waals surface area (Å²) < 4.78 is 7.56. The van der Waals surface area contributed by atoms with Gasteiger partial charge in [-0.25, -0.2) is 4.68 Å². The zero-order valence-electron chi connectivity index (χ0n) is 19.2. The van der Waals surface area contributed by atoms with Crippen molar-refractivity contribution < 1.29 is 9.53 Å². The Morgan fingerprint density at radius 3 is 2.50 bits per heavy atom. The summed E-state index contributed by atoms with van der Waals surface area (Å²) in [5, 5.41) is 11.4. The SMILES string of the molecule is Cc1cccc(-n2nnc(C(=O)NCc3ccccc3CN3CC(C)OC(C)C3)c2C)c1. The van der Waals surface area contributed by atoms with Gasteiger partial charge in [-0.1, -0.05) is 41.6 Å². The molecule has 0 bridgehead atoms. The number of carbonyl (C=O) groups is 1. The lowest BCUT2D eigenvalue weighted by Gasteiger charge is -2.35. The van der Waals surface area contributed by atoms with Gasteiger partial charge in [0.1, 0.15) is 0 Å². The Hall–Kier alpha value is -3.03. The van der Waals surface area contributed by atoms with E-state index in [2.05, 4.69) is 46.5 Å². The third-order valence-electron chi connectivity index (χ3n) is 5.80. The van der Waals surface area contributed by atoms with Crippen molar-refractivity contribution in [3.63, 3.8) is 0 Å². The number of aromatic nitrogens is 3. The molecule has 1 aliphatic rings. The van der Waals surface area contributed by atoms with Gasteiger partial charge in [0.05, 0.1) is 23.6 Å². The number of morpholine rings is 1. The molecule has 3 aromatic rings. The quantitative estimate of drug-likeness (QED) is 0.645. The summed E-state index contributed by atoms with van der Waals surface area (Å²) in [5.74, 6) is -0.218. The van der Waals surface area contributed by atoms with Crippen molar-refractivity contribution in [2.75, 3.05) is 13.1 Å². The molecule has 7 heteroatoms. The number of nitrogens with zero attached hydrogens (tertiary/aromatic N) is 4. The molecule has 0 aliphatic carbocycles. The maximum atomic E-state index is 12.9. The van der Waals surface area contributed by atoms with Gasteiger partial charge < -0.3 is 10.1 Å². The van der Waals surface area contributed by atoms with Crippen molar-refractivity contribution in [3.8, 4) is 5.69 Å². The lowest BCUT2D eigenvalue weighted by atomic mass is 10.1. The Bertz CT molecular complexity index is 1080. The molecule has 1 N–H and O–H groups in total. The zero-order chi connectivity index (χ0) is 22.7. The molecule has 4 rings (SSSR count). The Balaban J connectivity index is 1.44. The number of carbonyl (C=O) groups excluding carboxylic acids is 1. The highest BCUT2D eigenvalue weighted by atomic mass is 16.5. The maximum absolute atomic E-state index is 12.9. The molecule has 0 saturated carbocycles. The number of benzene rings is 2. The molecule has 1 aliphatic heterocycles. The summed E-state index contributed by atoms with van der Waals surface area (Å²) in [5.41, 5.74) is 5.42. The summed E-state index contributed by atoms with van der Waals surface area (Å²) >= 11 is 0. The highest BCUT2D eigenvalue weighted by Crippen LogP contribution is 2.18. The van der Waals surface area contributed by atoms with Crippen molar-refractivity contribution in [1.29, 1.82) is 0 Å². The fourth-order valence-electron chi connectivity index (χ4n) is 4.34. The highest BCUT2D eigenvalue weighted by Gasteiger charge is 2.23. The van der Waals surface area contributed by atoms with Crippen LogP contribution in [-0.2, 0) is 17.8 Å². The summed E-state index contributed by atoms with van der Waals surface area (Å²) in [4.78, 5) is 15.3. The summed E-state index contributed by atoms with van der Waals surface area (Å²) in [7, 11) is 0. The van der Waals surface area contributed by atoms with Crippen molar-refractivity contribution in [2.45, 2.75) is 53.0 Å². The van der Waals surface area contributed by atoms with Gasteiger partial charge >= 0.3 is 0 Å². The van der Waals surface area contributed by atoms with Crippen molar-refractivity contribution in [2.24, 2.45) is 0 Å². The number of rotatable bonds is 6. The summed E-state index contributed by atoms with van der Waals surface area (Å²) in [6, 6.07) is 16.2. The molecule has 1 aromatic heterocycles. The fraction of sp³-hybridized carbons (Fsp3) is 0.400. The third-order valence-corrected chi connectivity index (χ3v) is 5.80. The Morgan fingerprint density at radius 2 is 1.78 bits per heavy atom. The van der Waals surface area contributed by atoms with Crippen LogP contribution in [0.25, 0.3) is 5.69 Å². The predicted molar refractivity (Wildman–Crippen MR) is 124 cm³/mol. The molecule has 2 aromatic carbocycles. The second-order valence-electron chi connectivity index (χ2n) is 8.68. The van der Waals surface area contributed by atoms with Crippen molar-refractivity contribution in [1.82, 2.24) is 25.2 Å². The minimum absolute atomic E-state index is 0.218. The monoisotopic (exact) mass is 433 g/mol. The topological polar surface area (TPSA) is 72.3 Å². The van der Waals surface area contributed by atoms with E-state index < -0.39 is 0 Å². The van der Waals surface area contributed by atoms with Crippen LogP contribution in [0, 0.1) is 13.8 Å². The molecule has 7 nitrogen and oxygen atoms in total. The molecule has 1 saturated heterocycles. The standard InChI is InChI=1S/C25H31N5O2/c1-17-8-7-11-23(12-17)30-20(4)24(27-28-30)25(31)26-13-21-9-5-6-10-22(21)16-29-14-18(2)32-19(3)15-29/h5-12,18-19H,13-16H2,1-4H3,(H,26,31). The van der Waals surface area contributed by atoms with Crippen LogP contribution in [0.15, 0.2) is 48.5 Å². The minimum Gasteiger partial charge on any atom is -0.373 e. The van der Waals surface area contributed by atoms with E-state index >= 15 is 0 Å². The second-order valence-corrected chi connectivity index (χ2v) is 8.68. The molecular formula is C25H31N5O2. The third kappa shape index (κ3) is 5.06. The average molecular weight is 434 g/mol. The number of hydrogen-bond donors (Lipinski definition) is 1. The molecule has 0 radical (unpaired) electrons. The van der Waals surface area contributed by atoms with E-state index in [1.54, 1.807) is 4.68 Å². The number of ether oxygens (including phenoxy) is 1. The molecule has 2 atom stereocenters. The molecule has 168 valence electrons. The van der Waals surface area contributed by atoms with Crippen LogP contribution in [0.3, 0.4) is 0 Å². The molecular weight excluding hydrogens is 402 g/mol. The fourth-order valence-corrected chi connectivity index (χ4v) is 4.34. The maximum Gasteiger partial charge on any atom is 0.274 e. The van der Waals surface area contributed by atoms with E-state index in [0.29, 0.717) is 12.2 Å². The number of aryl methyl sites for hydroxylation is 1. The summed E-state index contributed by atoms with van der Waals surface area (Å²) in [6.45, 7) is 11.2. The van der Waals surface area contributed by atoms with E-state index in [9.17, 15) is 4.79 Å². The lowest BCUT2D eigenvalue weighted by Crippen LogP contribution is -2.45. The van der Waals surface area contributed by atoms with Gasteiger partial charge in [-0.15, -0.1) is 5.10 Å². The van der Waals surface area contributed by atoms with Crippen LogP contribution in [-0.4, -0.2) is 51.1 Å². The van der Waals surface area contributed by atoms with Crippen molar-refractivity contribution in [3.05, 3.63) is 76.6 Å². The first kappa shape index (κ1) is 22.2. The average Bonchev–Trinajstić information content (AvgIpc) is 3.13. The van der Waals surface area contributed by atoms with Crippen LogP contribution in [0.4, 0.5) is 0 Å². The molecule has 1 amide bonds. The van der Waals surface area contributed by atoms with Crippen LogP contribution in [0.1, 0.15) is 46.7 Å². The number of amides is 1. The van der Waals surface area contributed by atoms with E-state index in [-0.39, 0.29) is 18.1 Å². The van der Waals surface area contributed by atoms with Gasteiger partial charge in [-0.05, 0) is 56.5 Å². The lowest BCUT2D eigenvalue weighted by molar-refractivity contribution is -0.0705. The van der Waals surface area contributed by atoms with Crippen molar-refractivity contribution >= 4 is 5.91 Å². The molecule has 2 unspecified atom stereocenters. The Kier molecular flexibility index (Phi) is 6.67. The first-order valence-electron chi connectivity index (χ1n) is 11.1. The van der Waals surface area contributed by atoms with Gasteiger partial charge in [0.2, 0.25) is 0 Å². The van der Waals surface area contributed by atoms with E-state index in [1.807, 2.05) is 50.2 Å². The van der Waals surface area contributed by atoms with Crippen LogP contribution in [0.5, 0.6) is 0 Å².